The van der Waals surface area contributed by atoms with Crippen LogP contribution in [0, 0.1) is 6.92 Å². The van der Waals surface area contributed by atoms with E-state index in [-0.39, 0.29) is 0 Å². The van der Waals surface area contributed by atoms with Gasteiger partial charge in [-0.2, -0.15) is 4.98 Å². The van der Waals surface area contributed by atoms with E-state index in [1.165, 1.54) is 0 Å². The molecule has 0 bridgehead atoms. The second kappa shape index (κ2) is 8.71. The first-order valence-corrected chi connectivity index (χ1v) is 7.10. The van der Waals surface area contributed by atoms with Gasteiger partial charge in [0.1, 0.15) is 5.82 Å². The van der Waals surface area contributed by atoms with Crippen LogP contribution in [0.15, 0.2) is 6.07 Å². The molecule has 0 atom stereocenters. The van der Waals surface area contributed by atoms with E-state index in [9.17, 15) is 0 Å². The highest BCUT2D eigenvalue weighted by Gasteiger charge is 2.02. The molecule has 0 aliphatic rings. The van der Waals surface area contributed by atoms with Crippen molar-refractivity contribution in [2.24, 2.45) is 0 Å². The minimum Gasteiger partial charge on any atom is -0.369 e. The molecule has 0 fully saturated rings. The summed E-state index contributed by atoms with van der Waals surface area (Å²) in [4.78, 5) is 13.2. The SMILES string of the molecule is Cc1cc(NCCN(C)C)nc(NCCCN(C)C)n1. The highest BCUT2D eigenvalue weighted by molar-refractivity contribution is 5.42. The first kappa shape index (κ1) is 16.7. The smallest absolute Gasteiger partial charge is 0.224 e. The molecule has 0 aliphatic heterocycles. The summed E-state index contributed by atoms with van der Waals surface area (Å²) in [5.41, 5.74) is 0.975. The number of aromatic nitrogens is 2. The van der Waals surface area contributed by atoms with Crippen molar-refractivity contribution >= 4 is 11.8 Å². The summed E-state index contributed by atoms with van der Waals surface area (Å²) in [7, 11) is 8.28. The van der Waals surface area contributed by atoms with Gasteiger partial charge in [0.2, 0.25) is 5.95 Å². The van der Waals surface area contributed by atoms with Crippen molar-refractivity contribution in [1.82, 2.24) is 19.8 Å². The molecule has 0 saturated heterocycles. The van der Waals surface area contributed by atoms with Gasteiger partial charge in [-0.15, -0.1) is 0 Å². The third-order valence-corrected chi connectivity index (χ3v) is 2.78. The topological polar surface area (TPSA) is 56.3 Å². The van der Waals surface area contributed by atoms with Gasteiger partial charge in [0.25, 0.3) is 0 Å². The number of anilines is 2. The average Bonchev–Trinajstić information content (AvgIpc) is 2.33. The molecule has 0 aliphatic carbocycles. The maximum absolute atomic E-state index is 4.48. The van der Waals surface area contributed by atoms with Crippen molar-refractivity contribution in [3.63, 3.8) is 0 Å². The maximum atomic E-state index is 4.48. The van der Waals surface area contributed by atoms with Crippen molar-refractivity contribution in [1.29, 1.82) is 0 Å². The van der Waals surface area contributed by atoms with Gasteiger partial charge in [0.05, 0.1) is 0 Å². The highest BCUT2D eigenvalue weighted by atomic mass is 15.2. The molecule has 114 valence electrons. The Morgan fingerprint density at radius 3 is 2.30 bits per heavy atom. The minimum atomic E-state index is 0.705. The van der Waals surface area contributed by atoms with Crippen LogP contribution >= 0.6 is 0 Å². The lowest BCUT2D eigenvalue weighted by atomic mass is 10.4. The third-order valence-electron chi connectivity index (χ3n) is 2.78. The molecule has 6 nitrogen and oxygen atoms in total. The molecular weight excluding hydrogens is 252 g/mol. The fraction of sp³-hybridized carbons (Fsp3) is 0.714. The number of aryl methyl sites for hydroxylation is 1. The Labute approximate surface area is 122 Å². The lowest BCUT2D eigenvalue weighted by Gasteiger charge is -2.13. The molecule has 0 radical (unpaired) electrons. The molecule has 6 heteroatoms. The van der Waals surface area contributed by atoms with Gasteiger partial charge in [-0.1, -0.05) is 0 Å². The molecule has 0 unspecified atom stereocenters. The van der Waals surface area contributed by atoms with Crippen LogP contribution in [0.25, 0.3) is 0 Å². The largest absolute Gasteiger partial charge is 0.369 e. The number of nitrogens with one attached hydrogen (secondary N) is 2. The predicted molar refractivity (Wildman–Crippen MR) is 85.5 cm³/mol. The summed E-state index contributed by atoms with van der Waals surface area (Å²) < 4.78 is 0. The quantitative estimate of drug-likeness (QED) is 0.661. The lowest BCUT2D eigenvalue weighted by molar-refractivity contribution is 0.405. The van der Waals surface area contributed by atoms with Crippen LogP contribution in [0.3, 0.4) is 0 Å². The summed E-state index contributed by atoms with van der Waals surface area (Å²) in [6.45, 7) is 5.80. The van der Waals surface area contributed by atoms with E-state index in [2.05, 4.69) is 58.6 Å². The van der Waals surface area contributed by atoms with Crippen LogP contribution in [-0.4, -0.2) is 74.1 Å². The molecule has 2 N–H and O–H groups in total. The fourth-order valence-corrected chi connectivity index (χ4v) is 1.74. The zero-order valence-corrected chi connectivity index (χ0v) is 13.4. The van der Waals surface area contributed by atoms with E-state index in [4.69, 9.17) is 0 Å². The Kier molecular flexibility index (Phi) is 7.25. The van der Waals surface area contributed by atoms with Gasteiger partial charge in [-0.05, 0) is 48.1 Å². The Hall–Kier alpha value is -1.40. The molecule has 0 saturated carbocycles. The normalized spacial score (nSPS) is 11.2. The Balaban J connectivity index is 2.44. The Bertz CT molecular complexity index is 391. The van der Waals surface area contributed by atoms with E-state index in [1.54, 1.807) is 0 Å². The summed E-state index contributed by atoms with van der Waals surface area (Å²) in [5.74, 6) is 1.59. The highest BCUT2D eigenvalue weighted by Crippen LogP contribution is 2.09. The molecule has 0 aromatic carbocycles. The number of rotatable bonds is 9. The van der Waals surface area contributed by atoms with Crippen molar-refractivity contribution in [3.8, 4) is 0 Å². The molecule has 1 rings (SSSR count). The maximum Gasteiger partial charge on any atom is 0.224 e. The third kappa shape index (κ3) is 7.25. The van der Waals surface area contributed by atoms with Crippen LogP contribution in [0.4, 0.5) is 11.8 Å². The lowest BCUT2D eigenvalue weighted by Crippen LogP contribution is -2.21. The van der Waals surface area contributed by atoms with E-state index in [1.807, 2.05) is 13.0 Å². The van der Waals surface area contributed by atoms with Gasteiger partial charge in [-0.25, -0.2) is 4.98 Å². The van der Waals surface area contributed by atoms with Crippen molar-refractivity contribution in [3.05, 3.63) is 11.8 Å². The molecule has 20 heavy (non-hydrogen) atoms. The van der Waals surface area contributed by atoms with E-state index in [0.717, 1.165) is 44.1 Å². The van der Waals surface area contributed by atoms with Crippen LogP contribution in [0.5, 0.6) is 0 Å². The van der Waals surface area contributed by atoms with E-state index >= 15 is 0 Å². The average molecular weight is 280 g/mol. The van der Waals surface area contributed by atoms with Gasteiger partial charge >= 0.3 is 0 Å². The first-order chi connectivity index (χ1) is 9.47. The summed E-state index contributed by atoms with van der Waals surface area (Å²) in [5, 5.41) is 6.61. The number of hydrogen-bond donors (Lipinski definition) is 2. The fourth-order valence-electron chi connectivity index (χ4n) is 1.74. The molecule has 1 aromatic heterocycles. The van der Waals surface area contributed by atoms with Crippen LogP contribution in [0.1, 0.15) is 12.1 Å². The van der Waals surface area contributed by atoms with E-state index in [0.29, 0.717) is 5.95 Å². The summed E-state index contributed by atoms with van der Waals surface area (Å²) in [6, 6.07) is 1.97. The van der Waals surface area contributed by atoms with Gasteiger partial charge in [0, 0.05) is 31.4 Å². The predicted octanol–water partition coefficient (Wildman–Crippen LogP) is 1.12. The summed E-state index contributed by atoms with van der Waals surface area (Å²) >= 11 is 0. The van der Waals surface area contributed by atoms with Crippen molar-refractivity contribution in [2.45, 2.75) is 13.3 Å². The molecular formula is C14H28N6. The molecule has 1 aromatic rings. The Morgan fingerprint density at radius 2 is 1.65 bits per heavy atom. The van der Waals surface area contributed by atoms with Crippen molar-refractivity contribution < 1.29 is 0 Å². The minimum absolute atomic E-state index is 0.705. The molecule has 1 heterocycles. The molecule has 0 spiro atoms. The van der Waals surface area contributed by atoms with Crippen molar-refractivity contribution in [2.75, 3.05) is 65.0 Å². The standard InChI is InChI=1S/C14H28N6/c1-12-11-13(15-8-10-20(4)5)18-14(17-12)16-7-6-9-19(2)3/h11H,6-10H2,1-5H3,(H2,15,16,17,18). The van der Waals surface area contributed by atoms with Gasteiger partial charge in [0.15, 0.2) is 0 Å². The van der Waals surface area contributed by atoms with Crippen LogP contribution in [0.2, 0.25) is 0 Å². The number of nitrogens with zero attached hydrogens (tertiary/aromatic N) is 4. The first-order valence-electron chi connectivity index (χ1n) is 7.10. The summed E-state index contributed by atoms with van der Waals surface area (Å²) in [6.07, 6.45) is 1.08. The molecule has 0 amide bonds. The second-order valence-corrected chi connectivity index (χ2v) is 5.53. The zero-order valence-electron chi connectivity index (χ0n) is 13.4. The number of hydrogen-bond acceptors (Lipinski definition) is 6. The van der Waals surface area contributed by atoms with Gasteiger partial charge < -0.3 is 20.4 Å². The monoisotopic (exact) mass is 280 g/mol. The number of likely N-dealkylation sites (N-methyl/N-ethyl adjacent to an activating group) is 1. The second-order valence-electron chi connectivity index (χ2n) is 5.53. The van der Waals surface area contributed by atoms with E-state index < -0.39 is 0 Å². The van der Waals surface area contributed by atoms with Crippen LogP contribution < -0.4 is 10.6 Å². The zero-order chi connectivity index (χ0) is 15.0. The van der Waals surface area contributed by atoms with Gasteiger partial charge in [-0.3, -0.25) is 0 Å². The Morgan fingerprint density at radius 1 is 0.950 bits per heavy atom. The van der Waals surface area contributed by atoms with Crippen LogP contribution in [-0.2, 0) is 0 Å².